The third kappa shape index (κ3) is 3.00. The molecule has 1 aliphatic carbocycles. The molecule has 2 N–H and O–H groups in total. The van der Waals surface area contributed by atoms with E-state index in [4.69, 9.17) is 4.42 Å². The zero-order valence-corrected chi connectivity index (χ0v) is 13.7. The molecule has 4 rings (SSSR count). The van der Waals surface area contributed by atoms with E-state index in [2.05, 4.69) is 15.8 Å². The lowest BCUT2D eigenvalue weighted by atomic mass is 10.2. The number of amides is 2. The largest absolute Gasteiger partial charge is 0.469 e. The predicted octanol–water partition coefficient (Wildman–Crippen LogP) is 1.66. The minimum absolute atomic E-state index is 0.0950. The molecule has 7 nitrogen and oxygen atoms in total. The van der Waals surface area contributed by atoms with Crippen molar-refractivity contribution in [2.45, 2.75) is 18.8 Å². The molecule has 0 saturated heterocycles. The van der Waals surface area contributed by atoms with Crippen molar-refractivity contribution in [3.63, 3.8) is 0 Å². The normalized spacial score (nSPS) is 18.9. The molecular weight excluding hydrogens is 320 g/mol. The standard InChI is InChI=1S/C18H18N4O3/c1-22-14-6-3-2-5-13(14)19-16(22)10-17(23)20-21-18(24)12-9-11(12)15-7-4-8-25-15/h2-8,11-12H,9-10H2,1H3,(H,20,23)(H,21,24)/t11-,12-/m0/s1. The van der Waals surface area contributed by atoms with E-state index in [0.717, 1.165) is 23.2 Å². The summed E-state index contributed by atoms with van der Waals surface area (Å²) in [6, 6.07) is 11.4. The monoisotopic (exact) mass is 338 g/mol. The van der Waals surface area contributed by atoms with E-state index >= 15 is 0 Å². The number of nitrogens with zero attached hydrogens (tertiary/aromatic N) is 2. The minimum atomic E-state index is -0.304. The Labute approximate surface area is 144 Å². The summed E-state index contributed by atoms with van der Waals surface area (Å²) in [6.45, 7) is 0. The lowest BCUT2D eigenvalue weighted by Gasteiger charge is -2.07. The Bertz CT molecular complexity index is 929. The van der Waals surface area contributed by atoms with Gasteiger partial charge in [-0.1, -0.05) is 12.1 Å². The van der Waals surface area contributed by atoms with E-state index in [1.54, 1.807) is 12.3 Å². The van der Waals surface area contributed by atoms with Crippen LogP contribution in [0, 0.1) is 5.92 Å². The second kappa shape index (κ2) is 6.08. The smallest absolute Gasteiger partial charge is 0.245 e. The Balaban J connectivity index is 1.32. The highest BCUT2D eigenvalue weighted by Crippen LogP contribution is 2.47. The summed E-state index contributed by atoms with van der Waals surface area (Å²) in [7, 11) is 1.87. The van der Waals surface area contributed by atoms with Crippen molar-refractivity contribution in [1.29, 1.82) is 0 Å². The molecule has 2 aromatic heterocycles. The molecule has 2 amide bonds. The van der Waals surface area contributed by atoms with Gasteiger partial charge >= 0.3 is 0 Å². The molecule has 1 aromatic carbocycles. The summed E-state index contributed by atoms with van der Waals surface area (Å²) < 4.78 is 7.19. The average molecular weight is 338 g/mol. The molecule has 3 aromatic rings. The van der Waals surface area contributed by atoms with E-state index in [0.29, 0.717) is 5.82 Å². The highest BCUT2D eigenvalue weighted by molar-refractivity contribution is 5.86. The average Bonchev–Trinajstić information content (AvgIpc) is 3.10. The number of carbonyl (C=O) groups is 2. The molecule has 0 radical (unpaired) electrons. The van der Waals surface area contributed by atoms with Gasteiger partial charge in [0.15, 0.2) is 0 Å². The number of aryl methyl sites for hydroxylation is 1. The molecule has 1 fully saturated rings. The molecular formula is C18H18N4O3. The van der Waals surface area contributed by atoms with Crippen molar-refractivity contribution in [1.82, 2.24) is 20.4 Å². The first-order valence-electron chi connectivity index (χ1n) is 8.16. The number of nitrogens with one attached hydrogen (secondary N) is 2. The second-order valence-corrected chi connectivity index (χ2v) is 6.25. The van der Waals surface area contributed by atoms with Crippen LogP contribution in [0.3, 0.4) is 0 Å². The first-order valence-corrected chi connectivity index (χ1v) is 8.16. The number of benzene rings is 1. The van der Waals surface area contributed by atoms with Gasteiger partial charge in [0.1, 0.15) is 11.6 Å². The number of fused-ring (bicyclic) bond motifs is 1. The van der Waals surface area contributed by atoms with E-state index in [9.17, 15) is 9.59 Å². The molecule has 128 valence electrons. The van der Waals surface area contributed by atoms with Crippen molar-refractivity contribution < 1.29 is 14.0 Å². The molecule has 0 aliphatic heterocycles. The number of aromatic nitrogens is 2. The Hall–Kier alpha value is -3.09. The van der Waals surface area contributed by atoms with Crippen LogP contribution in [0.1, 0.15) is 23.9 Å². The van der Waals surface area contributed by atoms with Crippen molar-refractivity contribution in [2.75, 3.05) is 0 Å². The third-order valence-corrected chi connectivity index (χ3v) is 4.56. The first kappa shape index (κ1) is 15.4. The molecule has 0 bridgehead atoms. The summed E-state index contributed by atoms with van der Waals surface area (Å²) in [4.78, 5) is 28.6. The van der Waals surface area contributed by atoms with Gasteiger partial charge in [0, 0.05) is 13.0 Å². The Morgan fingerprint density at radius 2 is 2.08 bits per heavy atom. The fourth-order valence-electron chi connectivity index (χ4n) is 3.07. The third-order valence-electron chi connectivity index (χ3n) is 4.56. The fourth-order valence-corrected chi connectivity index (χ4v) is 3.07. The minimum Gasteiger partial charge on any atom is -0.469 e. The number of furan rings is 1. The van der Waals surface area contributed by atoms with Crippen LogP contribution in [0.25, 0.3) is 11.0 Å². The van der Waals surface area contributed by atoms with Crippen LogP contribution in [0.2, 0.25) is 0 Å². The highest BCUT2D eigenvalue weighted by Gasteiger charge is 2.46. The van der Waals surface area contributed by atoms with Crippen molar-refractivity contribution in [3.05, 3.63) is 54.2 Å². The Morgan fingerprint density at radius 3 is 2.84 bits per heavy atom. The number of imidazole rings is 1. The van der Waals surface area contributed by atoms with Crippen LogP contribution in [0.15, 0.2) is 47.1 Å². The van der Waals surface area contributed by atoms with Crippen LogP contribution >= 0.6 is 0 Å². The van der Waals surface area contributed by atoms with Gasteiger partial charge in [-0.3, -0.25) is 20.4 Å². The number of carbonyl (C=O) groups excluding carboxylic acids is 2. The van der Waals surface area contributed by atoms with Crippen LogP contribution < -0.4 is 10.9 Å². The van der Waals surface area contributed by atoms with Crippen LogP contribution in [-0.4, -0.2) is 21.4 Å². The maximum atomic E-state index is 12.1. The quantitative estimate of drug-likeness (QED) is 0.708. The summed E-state index contributed by atoms with van der Waals surface area (Å²) in [5.41, 5.74) is 6.77. The fraction of sp³-hybridized carbons (Fsp3) is 0.278. The lowest BCUT2D eigenvalue weighted by Crippen LogP contribution is -2.43. The van der Waals surface area contributed by atoms with Gasteiger partial charge in [-0.25, -0.2) is 4.98 Å². The van der Waals surface area contributed by atoms with E-state index in [-0.39, 0.29) is 30.1 Å². The van der Waals surface area contributed by atoms with Crippen LogP contribution in [0.4, 0.5) is 0 Å². The molecule has 2 atom stereocenters. The van der Waals surface area contributed by atoms with Crippen molar-refractivity contribution >= 4 is 22.8 Å². The van der Waals surface area contributed by atoms with Gasteiger partial charge in [0.25, 0.3) is 0 Å². The molecule has 0 spiro atoms. The van der Waals surface area contributed by atoms with Gasteiger partial charge in [0.2, 0.25) is 11.8 Å². The van der Waals surface area contributed by atoms with Gasteiger partial charge in [-0.15, -0.1) is 0 Å². The van der Waals surface area contributed by atoms with E-state index in [1.165, 1.54) is 0 Å². The van der Waals surface area contributed by atoms with Gasteiger partial charge in [-0.2, -0.15) is 0 Å². The highest BCUT2D eigenvalue weighted by atomic mass is 16.3. The van der Waals surface area contributed by atoms with Gasteiger partial charge in [0.05, 0.1) is 29.6 Å². The zero-order chi connectivity index (χ0) is 17.4. The van der Waals surface area contributed by atoms with Crippen LogP contribution in [0.5, 0.6) is 0 Å². The number of hydrogen-bond donors (Lipinski definition) is 2. The maximum Gasteiger partial charge on any atom is 0.245 e. The van der Waals surface area contributed by atoms with Crippen molar-refractivity contribution in [3.8, 4) is 0 Å². The predicted molar refractivity (Wildman–Crippen MR) is 90.3 cm³/mol. The molecule has 1 aliphatic rings. The number of hydrogen-bond acceptors (Lipinski definition) is 4. The molecule has 2 heterocycles. The van der Waals surface area contributed by atoms with Gasteiger partial charge < -0.3 is 8.98 Å². The van der Waals surface area contributed by atoms with E-state index in [1.807, 2.05) is 41.9 Å². The molecule has 25 heavy (non-hydrogen) atoms. The first-order chi connectivity index (χ1) is 12.1. The van der Waals surface area contributed by atoms with Gasteiger partial charge in [-0.05, 0) is 30.7 Å². The Kier molecular flexibility index (Phi) is 3.76. The topological polar surface area (TPSA) is 89.2 Å². The molecule has 0 unspecified atom stereocenters. The molecule has 1 saturated carbocycles. The molecule has 7 heteroatoms. The number of rotatable bonds is 4. The summed E-state index contributed by atoms with van der Waals surface area (Å²) >= 11 is 0. The summed E-state index contributed by atoms with van der Waals surface area (Å²) in [5.74, 6) is 0.912. The van der Waals surface area contributed by atoms with E-state index < -0.39 is 0 Å². The SMILES string of the molecule is Cn1c(CC(=O)NNC(=O)[C@H]2C[C@@H]2c2ccco2)nc2ccccc21. The lowest BCUT2D eigenvalue weighted by molar-refractivity contribution is -0.129. The Morgan fingerprint density at radius 1 is 1.24 bits per heavy atom. The van der Waals surface area contributed by atoms with Crippen LogP contribution in [-0.2, 0) is 23.1 Å². The summed E-state index contributed by atoms with van der Waals surface area (Å²) in [5, 5.41) is 0. The second-order valence-electron chi connectivity index (χ2n) is 6.25. The summed E-state index contributed by atoms with van der Waals surface area (Å²) in [6.07, 6.45) is 2.43. The van der Waals surface area contributed by atoms with Crippen molar-refractivity contribution in [2.24, 2.45) is 13.0 Å². The maximum absolute atomic E-state index is 12.1. The zero-order valence-electron chi connectivity index (χ0n) is 13.7. The number of hydrazine groups is 1. The number of para-hydroxylation sites is 2.